The van der Waals surface area contributed by atoms with Gasteiger partial charge in [-0.3, -0.25) is 4.79 Å². The van der Waals surface area contributed by atoms with Crippen molar-refractivity contribution in [1.29, 1.82) is 0 Å². The Balaban J connectivity index is 1.41. The monoisotopic (exact) mass is 406 g/mol. The van der Waals surface area contributed by atoms with Crippen molar-refractivity contribution in [2.45, 2.75) is 50.4 Å². The van der Waals surface area contributed by atoms with E-state index < -0.39 is 0 Å². The molecule has 4 rings (SSSR count). The van der Waals surface area contributed by atoms with E-state index in [2.05, 4.69) is 51.3 Å². The van der Waals surface area contributed by atoms with E-state index in [1.807, 2.05) is 37.3 Å². The van der Waals surface area contributed by atoms with Gasteiger partial charge in [0, 0.05) is 5.92 Å². The maximum atomic E-state index is 12.5. The Hall–Kier alpha value is -2.60. The number of aryl methyl sites for hydroxylation is 1. The number of carbonyl (C=O) groups excluding carboxylic acids is 1. The van der Waals surface area contributed by atoms with Crippen LogP contribution in [-0.2, 0) is 11.3 Å². The molecule has 2 aromatic carbocycles. The molecule has 5 nitrogen and oxygen atoms in total. The summed E-state index contributed by atoms with van der Waals surface area (Å²) in [4.78, 5) is 12.5. The van der Waals surface area contributed by atoms with Crippen LogP contribution in [0.15, 0.2) is 59.8 Å². The van der Waals surface area contributed by atoms with Gasteiger partial charge >= 0.3 is 0 Å². The fourth-order valence-corrected chi connectivity index (χ4v) is 4.28. The summed E-state index contributed by atoms with van der Waals surface area (Å²) in [6, 6.07) is 18.5. The van der Waals surface area contributed by atoms with Crippen molar-refractivity contribution >= 4 is 17.7 Å². The smallest absolute Gasteiger partial charge is 0.230 e. The molecule has 29 heavy (non-hydrogen) atoms. The summed E-state index contributed by atoms with van der Waals surface area (Å²) in [6.07, 6.45) is 2.35. The third-order valence-electron chi connectivity index (χ3n) is 5.24. The third-order valence-corrected chi connectivity index (χ3v) is 6.20. The first-order valence-electron chi connectivity index (χ1n) is 10.1. The van der Waals surface area contributed by atoms with Crippen molar-refractivity contribution in [3.63, 3.8) is 0 Å². The molecule has 3 aromatic rings. The number of hydrogen-bond acceptors (Lipinski definition) is 4. The Morgan fingerprint density at radius 1 is 1.14 bits per heavy atom. The van der Waals surface area contributed by atoms with E-state index in [9.17, 15) is 4.79 Å². The lowest BCUT2D eigenvalue weighted by atomic mass is 10.0. The van der Waals surface area contributed by atoms with Crippen molar-refractivity contribution < 1.29 is 4.79 Å². The predicted octanol–water partition coefficient (Wildman–Crippen LogP) is 4.48. The summed E-state index contributed by atoms with van der Waals surface area (Å²) in [5, 5.41) is 12.7. The molecule has 1 aliphatic carbocycles. The highest BCUT2D eigenvalue weighted by atomic mass is 32.2. The zero-order valence-electron chi connectivity index (χ0n) is 16.8. The van der Waals surface area contributed by atoms with Gasteiger partial charge in [-0.25, -0.2) is 0 Å². The fourth-order valence-electron chi connectivity index (χ4n) is 3.53. The molecule has 1 aliphatic rings. The number of carbonyl (C=O) groups is 1. The van der Waals surface area contributed by atoms with Crippen LogP contribution >= 0.6 is 11.8 Å². The Morgan fingerprint density at radius 2 is 1.86 bits per heavy atom. The molecular weight excluding hydrogens is 380 g/mol. The molecule has 1 N–H and O–H groups in total. The van der Waals surface area contributed by atoms with E-state index in [1.165, 1.54) is 35.7 Å². The van der Waals surface area contributed by atoms with Crippen LogP contribution in [-0.4, -0.2) is 26.4 Å². The second-order valence-electron chi connectivity index (χ2n) is 7.62. The SMILES string of the molecule is Cc1ccccc1C(C)NC(=O)CSc1nnc(C2CC2)n1Cc1ccccc1. The van der Waals surface area contributed by atoms with Gasteiger partial charge in [-0.1, -0.05) is 66.4 Å². The lowest BCUT2D eigenvalue weighted by Gasteiger charge is -2.16. The van der Waals surface area contributed by atoms with Gasteiger partial charge in [-0.2, -0.15) is 0 Å². The van der Waals surface area contributed by atoms with Crippen LogP contribution in [0.4, 0.5) is 0 Å². The number of nitrogens with one attached hydrogen (secondary N) is 1. The van der Waals surface area contributed by atoms with Crippen molar-refractivity contribution in [1.82, 2.24) is 20.1 Å². The van der Waals surface area contributed by atoms with E-state index in [0.29, 0.717) is 11.7 Å². The standard InChI is InChI=1S/C23H26N4OS/c1-16-8-6-7-11-20(16)17(2)24-21(28)15-29-23-26-25-22(19-12-13-19)27(23)14-18-9-4-3-5-10-18/h3-11,17,19H,12-15H2,1-2H3,(H,24,28). The molecule has 0 bridgehead atoms. The second kappa shape index (κ2) is 8.82. The van der Waals surface area contributed by atoms with Gasteiger partial charge < -0.3 is 9.88 Å². The summed E-state index contributed by atoms with van der Waals surface area (Å²) >= 11 is 1.46. The van der Waals surface area contributed by atoms with Crippen LogP contribution in [0.25, 0.3) is 0 Å². The van der Waals surface area contributed by atoms with Crippen LogP contribution in [0.3, 0.4) is 0 Å². The van der Waals surface area contributed by atoms with Crippen molar-refractivity contribution in [2.24, 2.45) is 0 Å². The average Bonchev–Trinajstić information content (AvgIpc) is 3.49. The molecule has 1 atom stereocenters. The number of rotatable bonds is 8. The summed E-state index contributed by atoms with van der Waals surface area (Å²) < 4.78 is 2.18. The summed E-state index contributed by atoms with van der Waals surface area (Å²) in [6.45, 7) is 4.83. The van der Waals surface area contributed by atoms with Crippen LogP contribution in [0.5, 0.6) is 0 Å². The summed E-state index contributed by atoms with van der Waals surface area (Å²) in [7, 11) is 0. The van der Waals surface area contributed by atoms with Gasteiger partial charge in [0.2, 0.25) is 5.91 Å². The van der Waals surface area contributed by atoms with Crippen molar-refractivity contribution in [3.05, 3.63) is 77.1 Å². The van der Waals surface area contributed by atoms with E-state index in [4.69, 9.17) is 0 Å². The van der Waals surface area contributed by atoms with Crippen LogP contribution in [0.2, 0.25) is 0 Å². The molecule has 0 radical (unpaired) electrons. The highest BCUT2D eigenvalue weighted by Gasteiger charge is 2.30. The molecule has 0 saturated heterocycles. The third kappa shape index (κ3) is 4.88. The maximum absolute atomic E-state index is 12.5. The molecule has 0 aliphatic heterocycles. The molecule has 1 amide bonds. The number of benzene rings is 2. The zero-order chi connectivity index (χ0) is 20.2. The Labute approximate surface area is 175 Å². The molecule has 1 unspecified atom stereocenters. The number of nitrogens with zero attached hydrogens (tertiary/aromatic N) is 3. The highest BCUT2D eigenvalue weighted by molar-refractivity contribution is 7.99. The normalized spacial score (nSPS) is 14.6. The predicted molar refractivity (Wildman–Crippen MR) is 116 cm³/mol. The van der Waals surface area contributed by atoms with Gasteiger partial charge in [-0.05, 0) is 43.4 Å². The highest BCUT2D eigenvalue weighted by Crippen LogP contribution is 2.40. The first kappa shape index (κ1) is 19.7. The molecule has 0 spiro atoms. The minimum Gasteiger partial charge on any atom is -0.349 e. The lowest BCUT2D eigenvalue weighted by Crippen LogP contribution is -2.28. The minimum absolute atomic E-state index is 0.00739. The molecular formula is C23H26N4OS. The molecule has 1 aromatic heterocycles. The quantitative estimate of drug-likeness (QED) is 0.560. The lowest BCUT2D eigenvalue weighted by molar-refractivity contribution is -0.119. The Bertz CT molecular complexity index is 982. The number of thioether (sulfide) groups is 1. The van der Waals surface area contributed by atoms with E-state index in [0.717, 1.165) is 23.1 Å². The van der Waals surface area contributed by atoms with Crippen LogP contribution < -0.4 is 5.32 Å². The zero-order valence-corrected chi connectivity index (χ0v) is 17.7. The van der Waals surface area contributed by atoms with Gasteiger partial charge in [-0.15, -0.1) is 10.2 Å². The summed E-state index contributed by atoms with van der Waals surface area (Å²) in [5.41, 5.74) is 3.55. The number of amides is 1. The average molecular weight is 407 g/mol. The molecule has 1 fully saturated rings. The van der Waals surface area contributed by atoms with Crippen molar-refractivity contribution in [2.75, 3.05) is 5.75 Å². The Morgan fingerprint density at radius 3 is 2.59 bits per heavy atom. The van der Waals surface area contributed by atoms with E-state index >= 15 is 0 Å². The fraction of sp³-hybridized carbons (Fsp3) is 0.348. The molecule has 1 saturated carbocycles. The second-order valence-corrected chi connectivity index (χ2v) is 8.56. The number of aromatic nitrogens is 3. The van der Waals surface area contributed by atoms with Gasteiger partial charge in [0.15, 0.2) is 5.16 Å². The van der Waals surface area contributed by atoms with Crippen LogP contribution in [0.1, 0.15) is 54.2 Å². The van der Waals surface area contributed by atoms with E-state index in [1.54, 1.807) is 0 Å². The topological polar surface area (TPSA) is 59.8 Å². The summed E-state index contributed by atoms with van der Waals surface area (Å²) in [5.74, 6) is 1.89. The van der Waals surface area contributed by atoms with Crippen molar-refractivity contribution in [3.8, 4) is 0 Å². The molecule has 6 heteroatoms. The number of hydrogen-bond donors (Lipinski definition) is 1. The Kier molecular flexibility index (Phi) is 6.00. The minimum atomic E-state index is -0.0199. The first-order valence-corrected chi connectivity index (χ1v) is 11.0. The van der Waals surface area contributed by atoms with Gasteiger partial charge in [0.1, 0.15) is 5.82 Å². The largest absolute Gasteiger partial charge is 0.349 e. The van der Waals surface area contributed by atoms with E-state index in [-0.39, 0.29) is 11.9 Å². The maximum Gasteiger partial charge on any atom is 0.230 e. The first-order chi connectivity index (χ1) is 14.1. The molecule has 150 valence electrons. The van der Waals surface area contributed by atoms with Gasteiger partial charge in [0.05, 0.1) is 18.3 Å². The molecule has 1 heterocycles. The van der Waals surface area contributed by atoms with Gasteiger partial charge in [0.25, 0.3) is 0 Å². The van der Waals surface area contributed by atoms with Crippen LogP contribution in [0, 0.1) is 6.92 Å².